The number of aromatic nitrogens is 1. The number of nitriles is 1. The van der Waals surface area contributed by atoms with Crippen LogP contribution in [0, 0.1) is 11.3 Å². The first kappa shape index (κ1) is 13.5. The first-order chi connectivity index (χ1) is 8.51. The molecule has 0 unspecified atom stereocenters. The van der Waals surface area contributed by atoms with Crippen molar-refractivity contribution in [3.63, 3.8) is 0 Å². The van der Waals surface area contributed by atoms with Gasteiger partial charge in [0.15, 0.2) is 0 Å². The molecule has 0 saturated heterocycles. The van der Waals surface area contributed by atoms with Crippen molar-refractivity contribution in [2.45, 2.75) is 0 Å². The average Bonchev–Trinajstić information content (AvgIpc) is 2.35. The van der Waals surface area contributed by atoms with E-state index in [1.54, 1.807) is 31.3 Å². The lowest BCUT2D eigenvalue weighted by atomic mass is 10.0. The number of pyridine rings is 1. The van der Waals surface area contributed by atoms with Gasteiger partial charge in [-0.25, -0.2) is 4.79 Å². The van der Waals surface area contributed by atoms with Gasteiger partial charge in [0, 0.05) is 25.9 Å². The zero-order valence-corrected chi connectivity index (χ0v) is 10.4. The van der Waals surface area contributed by atoms with E-state index in [0.717, 1.165) is 0 Å². The standard InChI is InChI=1S/C12H13N3O3/c1-15(2)5-4-8-9(6-13)11(16)14-7-10(8)12(17)18-3/h4-5,7H,1-3H3,(H,14,16)/b5-4+. The van der Waals surface area contributed by atoms with Crippen LogP contribution in [0.2, 0.25) is 0 Å². The monoisotopic (exact) mass is 247 g/mol. The minimum absolute atomic E-state index is 0.115. The summed E-state index contributed by atoms with van der Waals surface area (Å²) in [6.07, 6.45) is 4.41. The Morgan fingerprint density at radius 3 is 2.72 bits per heavy atom. The van der Waals surface area contributed by atoms with Gasteiger partial charge in [0.05, 0.1) is 12.7 Å². The fraction of sp³-hybridized carbons (Fsp3) is 0.250. The van der Waals surface area contributed by atoms with Crippen molar-refractivity contribution in [3.8, 4) is 6.07 Å². The van der Waals surface area contributed by atoms with Crippen molar-refractivity contribution in [2.75, 3.05) is 21.2 Å². The molecule has 94 valence electrons. The van der Waals surface area contributed by atoms with Gasteiger partial charge in [-0.05, 0) is 12.3 Å². The van der Waals surface area contributed by atoms with Crippen molar-refractivity contribution in [1.29, 1.82) is 5.26 Å². The van der Waals surface area contributed by atoms with Gasteiger partial charge in [0.2, 0.25) is 0 Å². The van der Waals surface area contributed by atoms with Crippen molar-refractivity contribution >= 4 is 12.0 Å². The second-order valence-corrected chi connectivity index (χ2v) is 3.70. The molecule has 0 radical (unpaired) electrons. The molecule has 0 atom stereocenters. The van der Waals surface area contributed by atoms with Crippen LogP contribution in [-0.2, 0) is 4.74 Å². The Morgan fingerprint density at radius 1 is 1.56 bits per heavy atom. The highest BCUT2D eigenvalue weighted by Crippen LogP contribution is 2.13. The average molecular weight is 247 g/mol. The van der Waals surface area contributed by atoms with Gasteiger partial charge in [-0.3, -0.25) is 4.79 Å². The minimum atomic E-state index is -0.610. The zero-order valence-electron chi connectivity index (χ0n) is 10.4. The van der Waals surface area contributed by atoms with Crippen LogP contribution < -0.4 is 5.56 Å². The number of nitrogens with zero attached hydrogens (tertiary/aromatic N) is 2. The molecule has 0 aliphatic heterocycles. The summed E-state index contributed by atoms with van der Waals surface area (Å²) in [6, 6.07) is 1.79. The van der Waals surface area contributed by atoms with Crippen molar-refractivity contribution in [2.24, 2.45) is 0 Å². The molecule has 1 aromatic heterocycles. The van der Waals surface area contributed by atoms with Crippen LogP contribution in [0.3, 0.4) is 0 Å². The Morgan fingerprint density at radius 2 is 2.22 bits per heavy atom. The number of hydrogen-bond acceptors (Lipinski definition) is 5. The molecule has 0 aliphatic rings. The predicted molar refractivity (Wildman–Crippen MR) is 65.8 cm³/mol. The van der Waals surface area contributed by atoms with Crippen molar-refractivity contribution in [3.05, 3.63) is 39.4 Å². The maximum Gasteiger partial charge on any atom is 0.340 e. The molecule has 0 aromatic carbocycles. The normalized spacial score (nSPS) is 10.1. The number of hydrogen-bond donors (Lipinski definition) is 1. The van der Waals surface area contributed by atoms with Gasteiger partial charge < -0.3 is 14.6 Å². The molecule has 0 amide bonds. The SMILES string of the molecule is COC(=O)c1c[nH]c(=O)c(C#N)c1/C=C/N(C)C. The van der Waals surface area contributed by atoms with Crippen molar-refractivity contribution < 1.29 is 9.53 Å². The molecule has 1 aromatic rings. The van der Waals surface area contributed by atoms with E-state index in [1.807, 2.05) is 0 Å². The lowest BCUT2D eigenvalue weighted by molar-refractivity contribution is 0.0600. The highest BCUT2D eigenvalue weighted by molar-refractivity contribution is 5.94. The number of ether oxygens (including phenoxy) is 1. The molecule has 18 heavy (non-hydrogen) atoms. The summed E-state index contributed by atoms with van der Waals surface area (Å²) in [7, 11) is 4.81. The number of esters is 1. The largest absolute Gasteiger partial charge is 0.465 e. The molecular formula is C12H13N3O3. The van der Waals surface area contributed by atoms with E-state index < -0.39 is 11.5 Å². The second-order valence-electron chi connectivity index (χ2n) is 3.70. The molecule has 0 spiro atoms. The summed E-state index contributed by atoms with van der Waals surface area (Å²) in [5.74, 6) is -0.610. The van der Waals surface area contributed by atoms with E-state index in [4.69, 9.17) is 5.26 Å². The van der Waals surface area contributed by atoms with Crippen LogP contribution >= 0.6 is 0 Å². The molecule has 6 heteroatoms. The molecule has 0 saturated carbocycles. The first-order valence-corrected chi connectivity index (χ1v) is 5.10. The lowest BCUT2D eigenvalue weighted by Crippen LogP contribution is -2.17. The number of methoxy groups -OCH3 is 1. The Kier molecular flexibility index (Phi) is 4.27. The Balaban J connectivity index is 3.50. The number of H-pyrrole nitrogens is 1. The molecule has 1 rings (SSSR count). The van der Waals surface area contributed by atoms with Crippen LogP contribution in [-0.4, -0.2) is 37.1 Å². The van der Waals surface area contributed by atoms with Gasteiger partial charge in [0.1, 0.15) is 11.6 Å². The molecule has 1 heterocycles. The number of carbonyl (C=O) groups excluding carboxylic acids is 1. The van der Waals surface area contributed by atoms with Gasteiger partial charge in [-0.2, -0.15) is 5.26 Å². The molecule has 0 bridgehead atoms. The third-order valence-corrected chi connectivity index (χ3v) is 2.19. The summed E-state index contributed by atoms with van der Waals surface area (Å²) in [5, 5.41) is 8.97. The third-order valence-electron chi connectivity index (χ3n) is 2.19. The van der Waals surface area contributed by atoms with Gasteiger partial charge in [0.25, 0.3) is 5.56 Å². The smallest absolute Gasteiger partial charge is 0.340 e. The van der Waals surface area contributed by atoms with E-state index in [2.05, 4.69) is 9.72 Å². The minimum Gasteiger partial charge on any atom is -0.465 e. The van der Waals surface area contributed by atoms with Crippen molar-refractivity contribution in [1.82, 2.24) is 9.88 Å². The summed E-state index contributed by atoms with van der Waals surface area (Å²) >= 11 is 0. The van der Waals surface area contributed by atoms with Crippen LogP contribution in [0.4, 0.5) is 0 Å². The number of nitrogens with one attached hydrogen (secondary N) is 1. The van der Waals surface area contributed by atoms with E-state index in [1.165, 1.54) is 19.4 Å². The molecule has 6 nitrogen and oxygen atoms in total. The van der Waals surface area contributed by atoms with Crippen LogP contribution in [0.15, 0.2) is 17.2 Å². The number of carbonyl (C=O) groups is 1. The fourth-order valence-corrected chi connectivity index (χ4v) is 1.33. The Hall–Kier alpha value is -2.55. The van der Waals surface area contributed by atoms with Gasteiger partial charge in [-0.1, -0.05) is 0 Å². The number of aromatic amines is 1. The maximum atomic E-state index is 11.6. The quantitative estimate of drug-likeness (QED) is 0.789. The summed E-state index contributed by atoms with van der Waals surface area (Å²) in [4.78, 5) is 27.1. The van der Waals surface area contributed by atoms with Crippen LogP contribution in [0.1, 0.15) is 21.5 Å². The third kappa shape index (κ3) is 2.77. The fourth-order valence-electron chi connectivity index (χ4n) is 1.33. The Labute approximate surface area is 104 Å². The molecule has 0 fully saturated rings. The summed E-state index contributed by atoms with van der Waals surface area (Å²) in [6.45, 7) is 0. The van der Waals surface area contributed by atoms with E-state index >= 15 is 0 Å². The van der Waals surface area contributed by atoms with Gasteiger partial charge >= 0.3 is 5.97 Å². The van der Waals surface area contributed by atoms with Crippen LogP contribution in [0.5, 0.6) is 0 Å². The second kappa shape index (κ2) is 5.68. The highest BCUT2D eigenvalue weighted by atomic mass is 16.5. The molecular weight excluding hydrogens is 234 g/mol. The van der Waals surface area contributed by atoms with Crippen LogP contribution in [0.25, 0.3) is 6.08 Å². The highest BCUT2D eigenvalue weighted by Gasteiger charge is 2.16. The first-order valence-electron chi connectivity index (χ1n) is 5.10. The molecule has 1 N–H and O–H groups in total. The maximum absolute atomic E-state index is 11.6. The van der Waals surface area contributed by atoms with Gasteiger partial charge in [-0.15, -0.1) is 0 Å². The van der Waals surface area contributed by atoms with E-state index in [0.29, 0.717) is 0 Å². The summed E-state index contributed by atoms with van der Waals surface area (Å²) in [5.41, 5.74) is -0.256. The lowest BCUT2D eigenvalue weighted by Gasteiger charge is -2.07. The topological polar surface area (TPSA) is 86.2 Å². The zero-order chi connectivity index (χ0) is 13.7. The molecule has 0 aliphatic carbocycles. The summed E-state index contributed by atoms with van der Waals surface area (Å²) < 4.78 is 4.61. The Bertz CT molecular complexity index is 579. The number of rotatable bonds is 3. The van der Waals surface area contributed by atoms with E-state index in [9.17, 15) is 9.59 Å². The predicted octanol–water partition coefficient (Wildman–Crippen LogP) is 0.565. The van der Waals surface area contributed by atoms with E-state index in [-0.39, 0.29) is 16.7 Å².